The predicted octanol–water partition coefficient (Wildman–Crippen LogP) is 7.24. The summed E-state index contributed by atoms with van der Waals surface area (Å²) in [6.07, 6.45) is 1.72. The van der Waals surface area contributed by atoms with E-state index in [0.717, 1.165) is 22.1 Å². The molecule has 0 unspecified atom stereocenters. The number of carbonyl (C=O) groups excluding carboxylic acids is 2. The molecule has 0 N–H and O–H groups in total. The van der Waals surface area contributed by atoms with Gasteiger partial charge >= 0.3 is 5.97 Å². The van der Waals surface area contributed by atoms with E-state index in [1.54, 1.807) is 37.3 Å². The number of carbonyl (C=O) groups is 2. The number of para-hydroxylation sites is 1. The summed E-state index contributed by atoms with van der Waals surface area (Å²) >= 11 is 0. The number of esters is 1. The second kappa shape index (κ2) is 8.71. The van der Waals surface area contributed by atoms with Crippen molar-refractivity contribution in [3.63, 3.8) is 0 Å². The van der Waals surface area contributed by atoms with Crippen molar-refractivity contribution in [1.29, 1.82) is 0 Å². The highest BCUT2D eigenvalue weighted by Crippen LogP contribution is 2.38. The minimum Gasteiger partial charge on any atom is -0.452 e. The summed E-state index contributed by atoms with van der Waals surface area (Å²) in [5.74, 6) is 0.138. The zero-order valence-corrected chi connectivity index (χ0v) is 19.4. The molecule has 4 aromatic carbocycles. The number of ether oxygens (including phenoxy) is 2. The number of fused-ring (bicyclic) bond motifs is 2. The molecule has 174 valence electrons. The van der Waals surface area contributed by atoms with Gasteiger partial charge in [-0.15, -0.1) is 0 Å². The molecular weight excluding hydrogens is 452 g/mol. The molecule has 5 heteroatoms. The van der Waals surface area contributed by atoms with Crippen molar-refractivity contribution in [2.24, 2.45) is 0 Å². The van der Waals surface area contributed by atoms with Crippen molar-refractivity contribution < 1.29 is 23.5 Å². The SMILES string of the molecule is Cc1cc(OC(=O)c2cc3ccccc3o2)cc2c1C(=O)/C(=C/c1ccc(-c3ccccc3)cc1)O2. The van der Waals surface area contributed by atoms with Gasteiger partial charge in [0.2, 0.25) is 11.5 Å². The first-order valence-corrected chi connectivity index (χ1v) is 11.5. The van der Waals surface area contributed by atoms with Gasteiger partial charge in [0.1, 0.15) is 17.1 Å². The average Bonchev–Trinajstić information content (AvgIpc) is 3.46. The molecule has 0 aliphatic carbocycles. The van der Waals surface area contributed by atoms with Crippen LogP contribution in [-0.4, -0.2) is 11.8 Å². The van der Waals surface area contributed by atoms with Crippen LogP contribution in [0.1, 0.15) is 32.0 Å². The summed E-state index contributed by atoms with van der Waals surface area (Å²) in [5, 5.41) is 0.815. The molecule has 0 saturated heterocycles. The lowest BCUT2D eigenvalue weighted by molar-refractivity contribution is 0.0703. The Morgan fingerprint density at radius 1 is 0.833 bits per heavy atom. The lowest BCUT2D eigenvalue weighted by atomic mass is 10.0. The number of hydrogen-bond acceptors (Lipinski definition) is 5. The van der Waals surface area contributed by atoms with Crippen LogP contribution in [0.2, 0.25) is 0 Å². The summed E-state index contributed by atoms with van der Waals surface area (Å²) in [6, 6.07) is 30.2. The Hall–Kier alpha value is -4.90. The Morgan fingerprint density at radius 2 is 1.56 bits per heavy atom. The minimum atomic E-state index is -0.621. The Morgan fingerprint density at radius 3 is 2.33 bits per heavy atom. The minimum absolute atomic E-state index is 0.103. The van der Waals surface area contributed by atoms with Crippen LogP contribution >= 0.6 is 0 Å². The number of aryl methyl sites for hydroxylation is 1. The highest BCUT2D eigenvalue weighted by Gasteiger charge is 2.30. The molecule has 0 amide bonds. The van der Waals surface area contributed by atoms with Crippen molar-refractivity contribution in [3.05, 3.63) is 125 Å². The van der Waals surface area contributed by atoms with E-state index in [1.807, 2.05) is 60.7 Å². The quantitative estimate of drug-likeness (QED) is 0.157. The van der Waals surface area contributed by atoms with Crippen molar-refractivity contribution in [3.8, 4) is 22.6 Å². The monoisotopic (exact) mass is 472 g/mol. The third kappa shape index (κ3) is 3.97. The van der Waals surface area contributed by atoms with E-state index >= 15 is 0 Å². The molecule has 5 aromatic rings. The second-order valence-corrected chi connectivity index (χ2v) is 8.58. The maximum absolute atomic E-state index is 13.0. The molecule has 0 saturated carbocycles. The summed E-state index contributed by atoms with van der Waals surface area (Å²) in [7, 11) is 0. The van der Waals surface area contributed by atoms with Crippen molar-refractivity contribution in [1.82, 2.24) is 0 Å². The normalized spacial score (nSPS) is 13.6. The number of rotatable bonds is 4. The van der Waals surface area contributed by atoms with E-state index in [2.05, 4.69) is 12.1 Å². The highest BCUT2D eigenvalue weighted by molar-refractivity contribution is 6.15. The van der Waals surface area contributed by atoms with Crippen LogP contribution in [0.5, 0.6) is 11.5 Å². The average molecular weight is 472 g/mol. The van der Waals surface area contributed by atoms with Gasteiger partial charge in [-0.2, -0.15) is 0 Å². The molecule has 1 aromatic heterocycles. The van der Waals surface area contributed by atoms with Gasteiger partial charge in [-0.1, -0.05) is 72.8 Å². The van der Waals surface area contributed by atoms with Crippen LogP contribution in [0, 0.1) is 6.92 Å². The van der Waals surface area contributed by atoms with E-state index in [4.69, 9.17) is 13.9 Å². The number of ketones is 1. The third-order valence-electron chi connectivity index (χ3n) is 6.10. The Balaban J connectivity index is 1.23. The van der Waals surface area contributed by atoms with Gasteiger partial charge < -0.3 is 13.9 Å². The topological polar surface area (TPSA) is 65.7 Å². The molecule has 0 radical (unpaired) electrons. The zero-order valence-electron chi connectivity index (χ0n) is 19.4. The van der Waals surface area contributed by atoms with Crippen molar-refractivity contribution >= 4 is 28.8 Å². The van der Waals surface area contributed by atoms with Crippen LogP contribution in [0.25, 0.3) is 28.2 Å². The summed E-state index contributed by atoms with van der Waals surface area (Å²) < 4.78 is 17.0. The van der Waals surface area contributed by atoms with Gasteiger partial charge in [-0.25, -0.2) is 4.79 Å². The first-order valence-electron chi connectivity index (χ1n) is 11.5. The van der Waals surface area contributed by atoms with Gasteiger partial charge in [0.05, 0.1) is 5.56 Å². The highest BCUT2D eigenvalue weighted by atomic mass is 16.5. The maximum atomic E-state index is 13.0. The number of furan rings is 1. The molecule has 1 aliphatic heterocycles. The lowest BCUT2D eigenvalue weighted by Gasteiger charge is -2.06. The summed E-state index contributed by atoms with van der Waals surface area (Å²) in [6.45, 7) is 1.79. The fourth-order valence-corrected chi connectivity index (χ4v) is 4.33. The van der Waals surface area contributed by atoms with Crippen molar-refractivity contribution in [2.45, 2.75) is 6.92 Å². The Labute approximate surface area is 207 Å². The molecule has 6 rings (SSSR count). The standard InChI is InChI=1S/C31H20O5/c1-19-15-24(34-31(33)28-17-23-9-5-6-10-25(23)35-28)18-26-29(19)30(32)27(36-26)16-20-11-13-22(14-12-20)21-7-3-2-4-8-21/h2-18H,1H3/b27-16-. The second-order valence-electron chi connectivity index (χ2n) is 8.58. The molecule has 36 heavy (non-hydrogen) atoms. The van der Waals surface area contributed by atoms with Crippen LogP contribution < -0.4 is 9.47 Å². The van der Waals surface area contributed by atoms with Gasteiger partial charge in [0.25, 0.3) is 0 Å². The van der Waals surface area contributed by atoms with Crippen LogP contribution in [0.4, 0.5) is 0 Å². The van der Waals surface area contributed by atoms with E-state index in [9.17, 15) is 9.59 Å². The number of benzene rings is 4. The van der Waals surface area contributed by atoms with Gasteiger partial charge in [0.15, 0.2) is 5.76 Å². The van der Waals surface area contributed by atoms with E-state index < -0.39 is 5.97 Å². The third-order valence-corrected chi connectivity index (χ3v) is 6.10. The fourth-order valence-electron chi connectivity index (χ4n) is 4.33. The van der Waals surface area contributed by atoms with Gasteiger partial charge in [-0.05, 0) is 53.5 Å². The van der Waals surface area contributed by atoms with E-state index in [0.29, 0.717) is 22.5 Å². The van der Waals surface area contributed by atoms with E-state index in [-0.39, 0.29) is 23.1 Å². The molecular formula is C31H20O5. The largest absolute Gasteiger partial charge is 0.452 e. The summed E-state index contributed by atoms with van der Waals surface area (Å²) in [5.41, 5.74) is 4.79. The molecule has 0 atom stereocenters. The number of hydrogen-bond donors (Lipinski definition) is 0. The molecule has 2 heterocycles. The smallest absolute Gasteiger partial charge is 0.379 e. The predicted molar refractivity (Wildman–Crippen MR) is 137 cm³/mol. The molecule has 0 bridgehead atoms. The Kier molecular flexibility index (Phi) is 5.23. The first kappa shape index (κ1) is 21.6. The van der Waals surface area contributed by atoms with Gasteiger partial charge in [0, 0.05) is 11.5 Å². The molecule has 1 aliphatic rings. The zero-order chi connectivity index (χ0) is 24.6. The fraction of sp³-hybridized carbons (Fsp3) is 0.0323. The summed E-state index contributed by atoms with van der Waals surface area (Å²) in [4.78, 5) is 25.7. The molecule has 0 fully saturated rings. The lowest BCUT2D eigenvalue weighted by Crippen LogP contribution is -2.07. The Bertz CT molecular complexity index is 1620. The van der Waals surface area contributed by atoms with E-state index in [1.165, 1.54) is 0 Å². The number of Topliss-reactive ketones (excluding diaryl/α,β-unsaturated/α-hetero) is 1. The van der Waals surface area contributed by atoms with Crippen LogP contribution in [-0.2, 0) is 0 Å². The first-order chi connectivity index (χ1) is 17.5. The van der Waals surface area contributed by atoms with Crippen LogP contribution in [0.15, 0.2) is 107 Å². The van der Waals surface area contributed by atoms with Gasteiger partial charge in [-0.3, -0.25) is 4.79 Å². The molecule has 5 nitrogen and oxygen atoms in total. The maximum Gasteiger partial charge on any atom is 0.379 e. The van der Waals surface area contributed by atoms with Crippen LogP contribution in [0.3, 0.4) is 0 Å². The number of allylic oxidation sites excluding steroid dienone is 1. The molecule has 0 spiro atoms. The van der Waals surface area contributed by atoms with Crippen molar-refractivity contribution in [2.75, 3.05) is 0 Å².